The van der Waals surface area contributed by atoms with E-state index < -0.39 is 18.1 Å². The van der Waals surface area contributed by atoms with E-state index in [0.29, 0.717) is 6.54 Å². The van der Waals surface area contributed by atoms with Gasteiger partial charge in [-0.25, -0.2) is 4.79 Å². The largest absolute Gasteiger partial charge is 0.507 e. The quantitative estimate of drug-likeness (QED) is 0.136. The van der Waals surface area contributed by atoms with Gasteiger partial charge in [-0.1, -0.05) is 72.6 Å². The van der Waals surface area contributed by atoms with Gasteiger partial charge in [0, 0.05) is 17.7 Å². The highest BCUT2D eigenvalue weighted by molar-refractivity contribution is 5.87. The van der Waals surface area contributed by atoms with E-state index in [4.69, 9.17) is 9.47 Å². The van der Waals surface area contributed by atoms with Crippen molar-refractivity contribution in [2.75, 3.05) is 6.61 Å². The molecular weight excluding hydrogens is 552 g/mol. The summed E-state index contributed by atoms with van der Waals surface area (Å²) in [6.07, 6.45) is 13.2. The standard InChI is InChI=1S/C37H64N2O5/c1-11-43-36(42)30(9)39-35(41)29(8)38-23-32-31-20-22-37(10,44-34(31)28(7)27(6)33(32)40)21-14-19-26(5)18-13-17-25(4)16-12-15-24(2)3/h24-26,29-30,38,40H,11-23H2,1-10H3,(H,39,41)/t25?,26?,29-,30-,37?/m0/s1. The first-order valence-corrected chi connectivity index (χ1v) is 17.4. The molecular formula is C37H64N2O5. The minimum absolute atomic E-state index is 0.229. The Morgan fingerprint density at radius 3 is 2.09 bits per heavy atom. The van der Waals surface area contributed by atoms with E-state index >= 15 is 0 Å². The highest BCUT2D eigenvalue weighted by Crippen LogP contribution is 2.45. The average molecular weight is 617 g/mol. The van der Waals surface area contributed by atoms with Crippen molar-refractivity contribution in [3.8, 4) is 11.5 Å². The van der Waals surface area contributed by atoms with E-state index in [1.807, 2.05) is 13.8 Å². The zero-order chi connectivity index (χ0) is 33.0. The van der Waals surface area contributed by atoms with Crippen LogP contribution in [0.1, 0.15) is 142 Å². The van der Waals surface area contributed by atoms with Crippen molar-refractivity contribution in [1.29, 1.82) is 0 Å². The Hall–Kier alpha value is -2.28. The Balaban J connectivity index is 1.92. The summed E-state index contributed by atoms with van der Waals surface area (Å²) in [4.78, 5) is 24.6. The molecule has 1 aliphatic heterocycles. The van der Waals surface area contributed by atoms with Crippen LogP contribution in [-0.4, -0.2) is 41.3 Å². The molecule has 1 aliphatic rings. The topological polar surface area (TPSA) is 96.9 Å². The number of phenolic OH excluding ortho intramolecular Hbond substituents is 1. The summed E-state index contributed by atoms with van der Waals surface area (Å²) in [7, 11) is 0. The maximum absolute atomic E-state index is 12.7. The molecule has 1 aromatic carbocycles. The van der Waals surface area contributed by atoms with Crippen molar-refractivity contribution < 1.29 is 24.2 Å². The van der Waals surface area contributed by atoms with Crippen LogP contribution in [0.4, 0.5) is 0 Å². The zero-order valence-electron chi connectivity index (χ0n) is 29.7. The lowest BCUT2D eigenvalue weighted by molar-refractivity contribution is -0.147. The van der Waals surface area contributed by atoms with Crippen LogP contribution >= 0.6 is 0 Å². The van der Waals surface area contributed by atoms with Crippen LogP contribution in [-0.2, 0) is 27.3 Å². The molecule has 5 atom stereocenters. The second-order valence-electron chi connectivity index (χ2n) is 14.4. The Kier molecular flexibility index (Phi) is 15.5. The van der Waals surface area contributed by atoms with Gasteiger partial charge >= 0.3 is 5.97 Å². The molecule has 0 saturated carbocycles. The molecule has 3 N–H and O–H groups in total. The summed E-state index contributed by atoms with van der Waals surface area (Å²) in [5.41, 5.74) is 3.38. The van der Waals surface area contributed by atoms with E-state index in [2.05, 4.69) is 45.3 Å². The van der Waals surface area contributed by atoms with Crippen molar-refractivity contribution >= 4 is 11.9 Å². The Labute approximate surface area is 268 Å². The summed E-state index contributed by atoms with van der Waals surface area (Å²) in [6.45, 7) is 21.3. The van der Waals surface area contributed by atoms with E-state index in [-0.39, 0.29) is 23.9 Å². The van der Waals surface area contributed by atoms with Crippen molar-refractivity contribution in [2.24, 2.45) is 17.8 Å². The fourth-order valence-electron chi connectivity index (χ4n) is 6.35. The molecule has 3 unspecified atom stereocenters. The molecule has 1 heterocycles. The lowest BCUT2D eigenvalue weighted by atomic mass is 9.83. The number of nitrogens with one attached hydrogen (secondary N) is 2. The third kappa shape index (κ3) is 11.6. The summed E-state index contributed by atoms with van der Waals surface area (Å²) in [5, 5.41) is 17.0. The van der Waals surface area contributed by atoms with Gasteiger partial charge in [0.2, 0.25) is 5.91 Å². The van der Waals surface area contributed by atoms with Crippen LogP contribution in [0.25, 0.3) is 0 Å². The predicted molar refractivity (Wildman–Crippen MR) is 180 cm³/mol. The molecule has 0 fully saturated rings. The Bertz CT molecular complexity index is 1070. The van der Waals surface area contributed by atoms with Gasteiger partial charge in [0.15, 0.2) is 0 Å². The molecule has 0 aliphatic carbocycles. The average Bonchev–Trinajstić information content (AvgIpc) is 2.95. The maximum atomic E-state index is 12.7. The number of amides is 1. The molecule has 7 heteroatoms. The molecule has 0 bridgehead atoms. The van der Waals surface area contributed by atoms with Gasteiger partial charge in [-0.2, -0.15) is 0 Å². The highest BCUT2D eigenvalue weighted by Gasteiger charge is 2.35. The minimum Gasteiger partial charge on any atom is -0.507 e. The summed E-state index contributed by atoms with van der Waals surface area (Å²) in [6, 6.07) is -1.29. The number of fused-ring (bicyclic) bond motifs is 1. The molecule has 2 rings (SSSR count). The van der Waals surface area contributed by atoms with Gasteiger partial charge in [0.25, 0.3) is 0 Å². The first kappa shape index (κ1) is 37.9. The number of carbonyl (C=O) groups excluding carboxylic acids is 2. The molecule has 0 saturated heterocycles. The molecule has 1 amide bonds. The molecule has 44 heavy (non-hydrogen) atoms. The first-order valence-electron chi connectivity index (χ1n) is 17.4. The van der Waals surface area contributed by atoms with Crippen LogP contribution in [0.2, 0.25) is 0 Å². The van der Waals surface area contributed by atoms with E-state index in [1.165, 1.54) is 44.9 Å². The molecule has 0 spiro atoms. The summed E-state index contributed by atoms with van der Waals surface area (Å²) >= 11 is 0. The van der Waals surface area contributed by atoms with E-state index in [1.54, 1.807) is 20.8 Å². The van der Waals surface area contributed by atoms with Crippen LogP contribution in [0, 0.1) is 31.6 Å². The number of benzene rings is 1. The normalized spacial score (nSPS) is 19.1. The van der Waals surface area contributed by atoms with Gasteiger partial charge in [-0.15, -0.1) is 0 Å². The van der Waals surface area contributed by atoms with Gasteiger partial charge in [0.1, 0.15) is 23.1 Å². The lowest BCUT2D eigenvalue weighted by Crippen LogP contribution is -2.48. The Morgan fingerprint density at radius 1 is 0.909 bits per heavy atom. The fraction of sp³-hybridized carbons (Fsp3) is 0.784. The van der Waals surface area contributed by atoms with Gasteiger partial charge in [-0.05, 0) is 96.1 Å². The predicted octanol–water partition coefficient (Wildman–Crippen LogP) is 8.08. The van der Waals surface area contributed by atoms with Crippen molar-refractivity contribution in [1.82, 2.24) is 10.6 Å². The van der Waals surface area contributed by atoms with Crippen molar-refractivity contribution in [2.45, 2.75) is 164 Å². The second kappa shape index (κ2) is 18.0. The molecule has 0 aromatic heterocycles. The highest BCUT2D eigenvalue weighted by atomic mass is 16.5. The molecule has 1 aromatic rings. The van der Waals surface area contributed by atoms with E-state index in [9.17, 15) is 14.7 Å². The van der Waals surface area contributed by atoms with Gasteiger partial charge < -0.3 is 25.2 Å². The number of carbonyl (C=O) groups is 2. The lowest BCUT2D eigenvalue weighted by Gasteiger charge is -2.38. The number of hydrogen-bond acceptors (Lipinski definition) is 6. The number of esters is 1. The first-order chi connectivity index (χ1) is 20.7. The number of hydrogen-bond donors (Lipinski definition) is 3. The fourth-order valence-corrected chi connectivity index (χ4v) is 6.35. The number of phenols is 1. The SMILES string of the molecule is CCOC(=O)[C@H](C)NC(=O)[C@H](C)NCc1c(O)c(C)c(C)c2c1CCC(C)(CCCC(C)CCCC(C)CCCC(C)C)O2. The second-order valence-corrected chi connectivity index (χ2v) is 14.4. The monoisotopic (exact) mass is 616 g/mol. The van der Waals surface area contributed by atoms with Crippen molar-refractivity contribution in [3.05, 3.63) is 22.3 Å². The summed E-state index contributed by atoms with van der Waals surface area (Å²) < 4.78 is 11.7. The zero-order valence-corrected chi connectivity index (χ0v) is 29.7. The summed E-state index contributed by atoms with van der Waals surface area (Å²) in [5.74, 6) is 2.78. The van der Waals surface area contributed by atoms with Gasteiger partial charge in [0.05, 0.1) is 12.6 Å². The third-order valence-corrected chi connectivity index (χ3v) is 9.69. The van der Waals surface area contributed by atoms with E-state index in [0.717, 1.165) is 71.4 Å². The number of aromatic hydroxyl groups is 1. The smallest absolute Gasteiger partial charge is 0.328 e. The molecule has 0 radical (unpaired) electrons. The van der Waals surface area contributed by atoms with Crippen LogP contribution < -0.4 is 15.4 Å². The van der Waals surface area contributed by atoms with Gasteiger partial charge in [-0.3, -0.25) is 4.79 Å². The van der Waals surface area contributed by atoms with Crippen LogP contribution in [0.15, 0.2) is 0 Å². The van der Waals surface area contributed by atoms with Crippen LogP contribution in [0.5, 0.6) is 11.5 Å². The Morgan fingerprint density at radius 2 is 1.50 bits per heavy atom. The number of rotatable bonds is 19. The maximum Gasteiger partial charge on any atom is 0.328 e. The van der Waals surface area contributed by atoms with Crippen molar-refractivity contribution in [3.63, 3.8) is 0 Å². The molecule has 7 nitrogen and oxygen atoms in total. The number of ether oxygens (including phenoxy) is 2. The third-order valence-electron chi connectivity index (χ3n) is 9.69. The molecule has 252 valence electrons. The van der Waals surface area contributed by atoms with Crippen LogP contribution in [0.3, 0.4) is 0 Å². The minimum atomic E-state index is -0.725.